The quantitative estimate of drug-likeness (QED) is 0.643. The summed E-state index contributed by atoms with van der Waals surface area (Å²) < 4.78 is 0. The second-order valence-corrected chi connectivity index (χ2v) is 6.62. The van der Waals surface area contributed by atoms with Gasteiger partial charge in [-0.25, -0.2) is 0 Å². The first kappa shape index (κ1) is 15.9. The Balaban J connectivity index is 1.61. The smallest absolute Gasteiger partial charge is 0.272 e. The minimum absolute atomic E-state index is 0.116. The van der Waals surface area contributed by atoms with Crippen LogP contribution in [-0.4, -0.2) is 30.5 Å². The maximum Gasteiger partial charge on any atom is 0.272 e. The van der Waals surface area contributed by atoms with Crippen LogP contribution < -0.4 is 10.6 Å². The van der Waals surface area contributed by atoms with Crippen molar-refractivity contribution in [1.82, 2.24) is 10.6 Å². The van der Waals surface area contributed by atoms with Gasteiger partial charge < -0.3 is 10.6 Å². The maximum atomic E-state index is 12.7. The lowest BCUT2D eigenvalue weighted by Gasteiger charge is -2.37. The molecule has 2 atom stereocenters. The Kier molecular flexibility index (Phi) is 4.61. The van der Waals surface area contributed by atoms with Crippen LogP contribution in [0.1, 0.15) is 31.2 Å². The van der Waals surface area contributed by atoms with Crippen LogP contribution in [0.3, 0.4) is 0 Å². The monoisotopic (exact) mass is 317 g/mol. The van der Waals surface area contributed by atoms with Crippen LogP contribution in [0.4, 0.5) is 5.69 Å². The normalized spacial score (nSPS) is 26.5. The van der Waals surface area contributed by atoms with Crippen LogP contribution in [-0.2, 0) is 11.2 Å². The van der Waals surface area contributed by atoms with Gasteiger partial charge in [-0.3, -0.25) is 14.9 Å². The van der Waals surface area contributed by atoms with Gasteiger partial charge in [-0.1, -0.05) is 31.0 Å². The van der Waals surface area contributed by atoms with Gasteiger partial charge in [0.1, 0.15) is 0 Å². The summed E-state index contributed by atoms with van der Waals surface area (Å²) >= 11 is 0. The number of amides is 1. The summed E-state index contributed by atoms with van der Waals surface area (Å²) in [7, 11) is 0. The third kappa shape index (κ3) is 3.08. The lowest BCUT2D eigenvalue weighted by Crippen LogP contribution is -2.48. The van der Waals surface area contributed by atoms with Gasteiger partial charge in [0.2, 0.25) is 5.91 Å². The van der Waals surface area contributed by atoms with E-state index in [0.717, 1.165) is 32.4 Å². The van der Waals surface area contributed by atoms with E-state index in [4.69, 9.17) is 0 Å². The van der Waals surface area contributed by atoms with Crippen molar-refractivity contribution in [2.24, 2.45) is 11.3 Å². The zero-order valence-corrected chi connectivity index (χ0v) is 13.2. The summed E-state index contributed by atoms with van der Waals surface area (Å²) in [4.78, 5) is 23.4. The van der Waals surface area contributed by atoms with Crippen molar-refractivity contribution < 1.29 is 9.72 Å². The molecule has 1 aliphatic heterocycles. The molecule has 0 spiro atoms. The van der Waals surface area contributed by atoms with Crippen LogP contribution in [0.5, 0.6) is 0 Å². The molecule has 2 N–H and O–H groups in total. The van der Waals surface area contributed by atoms with E-state index >= 15 is 0 Å². The van der Waals surface area contributed by atoms with E-state index in [2.05, 4.69) is 10.6 Å². The van der Waals surface area contributed by atoms with Crippen LogP contribution in [0.2, 0.25) is 0 Å². The van der Waals surface area contributed by atoms with Crippen molar-refractivity contribution in [2.75, 3.05) is 19.6 Å². The lowest BCUT2D eigenvalue weighted by atomic mass is 9.67. The van der Waals surface area contributed by atoms with E-state index in [0.29, 0.717) is 24.4 Å². The summed E-state index contributed by atoms with van der Waals surface area (Å²) in [6.07, 6.45) is 4.86. The Labute approximate surface area is 135 Å². The highest BCUT2D eigenvalue weighted by Gasteiger charge is 2.49. The molecule has 1 saturated carbocycles. The van der Waals surface area contributed by atoms with Crippen LogP contribution in [0.25, 0.3) is 0 Å². The molecule has 6 heteroatoms. The van der Waals surface area contributed by atoms with E-state index < -0.39 is 0 Å². The Morgan fingerprint density at radius 2 is 2.22 bits per heavy atom. The van der Waals surface area contributed by atoms with E-state index in [9.17, 15) is 14.9 Å². The highest BCUT2D eigenvalue weighted by molar-refractivity contribution is 5.83. The number of fused-ring (bicyclic) bond motifs is 1. The van der Waals surface area contributed by atoms with Gasteiger partial charge in [0.15, 0.2) is 0 Å². The Hall–Kier alpha value is -1.95. The van der Waals surface area contributed by atoms with Crippen molar-refractivity contribution in [3.8, 4) is 0 Å². The number of nitrogens with one attached hydrogen (secondary N) is 2. The molecule has 2 fully saturated rings. The summed E-state index contributed by atoms with van der Waals surface area (Å²) in [6, 6.07) is 6.72. The minimum Gasteiger partial charge on any atom is -0.355 e. The fourth-order valence-corrected chi connectivity index (χ4v) is 4.08. The number of nitro benzene ring substituents is 1. The molecular weight excluding hydrogens is 294 g/mol. The fourth-order valence-electron chi connectivity index (χ4n) is 4.08. The van der Waals surface area contributed by atoms with E-state index in [1.54, 1.807) is 18.2 Å². The van der Waals surface area contributed by atoms with Gasteiger partial charge in [0.25, 0.3) is 5.69 Å². The zero-order chi connectivity index (χ0) is 16.3. The molecule has 0 aromatic heterocycles. The largest absolute Gasteiger partial charge is 0.355 e. The van der Waals surface area contributed by atoms with E-state index in [-0.39, 0.29) is 21.9 Å². The minimum atomic E-state index is -0.367. The molecule has 2 aliphatic rings. The Morgan fingerprint density at radius 1 is 1.39 bits per heavy atom. The summed E-state index contributed by atoms with van der Waals surface area (Å²) in [5, 5.41) is 17.4. The Morgan fingerprint density at radius 3 is 3.04 bits per heavy atom. The molecular formula is C17H23N3O3. The van der Waals surface area contributed by atoms with Crippen molar-refractivity contribution in [2.45, 2.75) is 32.1 Å². The van der Waals surface area contributed by atoms with Crippen molar-refractivity contribution in [3.05, 3.63) is 39.9 Å². The number of nitrogens with zero attached hydrogens (tertiary/aromatic N) is 1. The summed E-state index contributed by atoms with van der Waals surface area (Å²) in [6.45, 7) is 2.13. The fraction of sp³-hybridized carbons (Fsp3) is 0.588. The molecule has 6 nitrogen and oxygen atoms in total. The molecule has 0 radical (unpaired) electrons. The molecule has 1 saturated heterocycles. The standard InChI is InChI=1S/C17H23N3O3/c21-16(17-9-4-3-6-14(17)11-18-12-17)19-10-8-13-5-1-2-7-15(13)20(22)23/h1-2,5,7,14,18H,3-4,6,8-12H2,(H,19,21)/t14-,17+/m0/s1. The molecule has 1 heterocycles. The highest BCUT2D eigenvalue weighted by atomic mass is 16.6. The molecule has 0 unspecified atom stereocenters. The molecule has 124 valence electrons. The van der Waals surface area contributed by atoms with Crippen LogP contribution in [0.15, 0.2) is 24.3 Å². The molecule has 1 amide bonds. The second kappa shape index (κ2) is 6.66. The summed E-state index contributed by atoms with van der Waals surface area (Å²) in [5.41, 5.74) is 0.527. The van der Waals surface area contributed by atoms with Gasteiger partial charge in [-0.15, -0.1) is 0 Å². The topological polar surface area (TPSA) is 84.3 Å². The molecule has 0 bridgehead atoms. The number of para-hydroxylation sites is 1. The first-order valence-electron chi connectivity index (χ1n) is 8.35. The number of hydrogen-bond acceptors (Lipinski definition) is 4. The van der Waals surface area contributed by atoms with Gasteiger partial charge >= 0.3 is 0 Å². The Bertz CT molecular complexity index is 605. The molecule has 23 heavy (non-hydrogen) atoms. The molecule has 1 aliphatic carbocycles. The second-order valence-electron chi connectivity index (χ2n) is 6.62. The maximum absolute atomic E-state index is 12.7. The number of benzene rings is 1. The van der Waals surface area contributed by atoms with Gasteiger partial charge in [0.05, 0.1) is 10.3 Å². The molecule has 1 aromatic carbocycles. The zero-order valence-electron chi connectivity index (χ0n) is 13.2. The van der Waals surface area contributed by atoms with Crippen LogP contribution >= 0.6 is 0 Å². The van der Waals surface area contributed by atoms with E-state index in [1.165, 1.54) is 12.5 Å². The van der Waals surface area contributed by atoms with Crippen molar-refractivity contribution >= 4 is 11.6 Å². The average Bonchev–Trinajstić information content (AvgIpc) is 3.00. The van der Waals surface area contributed by atoms with Crippen molar-refractivity contribution in [1.29, 1.82) is 0 Å². The third-order valence-corrected chi connectivity index (χ3v) is 5.36. The predicted octanol–water partition coefficient (Wildman–Crippen LogP) is 2.03. The summed E-state index contributed by atoms with van der Waals surface area (Å²) in [5.74, 6) is 0.549. The average molecular weight is 317 g/mol. The lowest BCUT2D eigenvalue weighted by molar-refractivity contribution is -0.385. The van der Waals surface area contributed by atoms with Gasteiger partial charge in [-0.2, -0.15) is 0 Å². The van der Waals surface area contributed by atoms with Crippen molar-refractivity contribution in [3.63, 3.8) is 0 Å². The first-order valence-corrected chi connectivity index (χ1v) is 8.35. The third-order valence-electron chi connectivity index (χ3n) is 5.36. The number of rotatable bonds is 5. The molecule has 3 rings (SSSR count). The first-order chi connectivity index (χ1) is 11.1. The number of carbonyl (C=O) groups is 1. The van der Waals surface area contributed by atoms with Gasteiger partial charge in [-0.05, 0) is 31.7 Å². The van der Waals surface area contributed by atoms with E-state index in [1.807, 2.05) is 0 Å². The van der Waals surface area contributed by atoms with Crippen LogP contribution in [0, 0.1) is 21.4 Å². The SMILES string of the molecule is O=C(NCCc1ccccc1[N+](=O)[O-])[C@@]12CCCC[C@H]1CNC2. The van der Waals surface area contributed by atoms with Gasteiger partial charge in [0, 0.05) is 24.7 Å². The molecule has 1 aromatic rings. The number of hydrogen-bond donors (Lipinski definition) is 2. The predicted molar refractivity (Wildman–Crippen MR) is 87.1 cm³/mol. The number of nitro groups is 1. The highest BCUT2D eigenvalue weighted by Crippen LogP contribution is 2.43. The number of carbonyl (C=O) groups excluding carboxylic acids is 1.